The Kier molecular flexibility index (Phi) is 7.00. The lowest BCUT2D eigenvalue weighted by molar-refractivity contribution is -0.122. The summed E-state index contributed by atoms with van der Waals surface area (Å²) >= 11 is 2.10. The lowest BCUT2D eigenvalue weighted by Gasteiger charge is -2.38. The number of aliphatic hydroxyl groups is 1. The number of aromatic nitrogens is 1. The molecule has 0 amide bonds. The summed E-state index contributed by atoms with van der Waals surface area (Å²) in [7, 11) is -3.84. The van der Waals surface area contributed by atoms with Gasteiger partial charge >= 0.3 is 0 Å². The number of fused-ring (bicyclic) bond motifs is 1. The molecule has 2 heterocycles. The smallest absolute Gasteiger partial charge is 0.269 e. The van der Waals surface area contributed by atoms with E-state index < -0.39 is 15.9 Å². The summed E-state index contributed by atoms with van der Waals surface area (Å²) < 4.78 is 29.4. The van der Waals surface area contributed by atoms with E-state index in [-0.39, 0.29) is 23.3 Å². The van der Waals surface area contributed by atoms with Crippen LogP contribution in [0.15, 0.2) is 102 Å². The van der Waals surface area contributed by atoms with Gasteiger partial charge in [-0.25, -0.2) is 12.4 Å². The molecule has 0 saturated heterocycles. The maximum absolute atomic E-state index is 13.7. The van der Waals surface area contributed by atoms with Crippen molar-refractivity contribution in [1.29, 1.82) is 0 Å². The Labute approximate surface area is 224 Å². The van der Waals surface area contributed by atoms with E-state index >= 15 is 0 Å². The van der Waals surface area contributed by atoms with Crippen LogP contribution in [0.4, 0.5) is 0 Å². The molecule has 2 atom stereocenters. The van der Waals surface area contributed by atoms with Gasteiger partial charge in [0.15, 0.2) is 5.78 Å². The molecule has 3 aromatic carbocycles. The molecule has 8 heteroatoms. The number of carbonyl (C=O) groups excluding carboxylic acids is 1. The average molecular weight is 612 g/mol. The fraction of sp³-hybridized carbons (Fsp3) is 0.179. The van der Waals surface area contributed by atoms with E-state index in [0.717, 1.165) is 16.5 Å². The zero-order valence-electron chi connectivity index (χ0n) is 19.4. The fourth-order valence-electron chi connectivity index (χ4n) is 4.84. The maximum atomic E-state index is 13.7. The molecule has 36 heavy (non-hydrogen) atoms. The summed E-state index contributed by atoms with van der Waals surface area (Å²) in [6.07, 6.45) is 3.72. The number of allylic oxidation sites excluding steroid dienone is 1. The highest BCUT2D eigenvalue weighted by Crippen LogP contribution is 2.35. The van der Waals surface area contributed by atoms with Crippen molar-refractivity contribution in [2.75, 3.05) is 6.61 Å². The highest BCUT2D eigenvalue weighted by Gasteiger charge is 2.36. The van der Waals surface area contributed by atoms with Gasteiger partial charge in [0.05, 0.1) is 26.6 Å². The van der Waals surface area contributed by atoms with Crippen molar-refractivity contribution in [2.45, 2.75) is 23.9 Å². The van der Waals surface area contributed by atoms with Crippen LogP contribution in [0.2, 0.25) is 0 Å². The maximum Gasteiger partial charge on any atom is 0.269 e. The first-order chi connectivity index (χ1) is 17.4. The van der Waals surface area contributed by atoms with Gasteiger partial charge in [-0.2, -0.15) is 0 Å². The van der Waals surface area contributed by atoms with E-state index in [2.05, 4.69) is 27.5 Å². The first-order valence-corrected chi connectivity index (χ1v) is 14.1. The van der Waals surface area contributed by atoms with E-state index in [1.54, 1.807) is 42.6 Å². The number of benzene rings is 3. The van der Waals surface area contributed by atoms with Crippen molar-refractivity contribution in [3.8, 4) is 0 Å². The van der Waals surface area contributed by atoms with Crippen molar-refractivity contribution < 1.29 is 18.3 Å². The topological polar surface area (TPSA) is 79.6 Å². The van der Waals surface area contributed by atoms with E-state index in [0.29, 0.717) is 22.2 Å². The predicted molar refractivity (Wildman–Crippen MR) is 148 cm³/mol. The number of carbonyl (C=O) groups is 1. The lowest BCUT2D eigenvalue weighted by Crippen LogP contribution is -2.46. The molecule has 184 valence electrons. The number of aliphatic hydroxyl groups excluding tert-OH is 1. The van der Waals surface area contributed by atoms with Crippen LogP contribution >= 0.6 is 22.6 Å². The van der Waals surface area contributed by atoms with Crippen LogP contribution in [-0.2, 0) is 27.8 Å². The number of para-hydroxylation sites is 1. The Hall–Kier alpha value is -2.95. The van der Waals surface area contributed by atoms with E-state index in [1.165, 1.54) is 10.0 Å². The van der Waals surface area contributed by atoms with Crippen LogP contribution in [0.25, 0.3) is 10.9 Å². The second kappa shape index (κ2) is 10.2. The lowest BCUT2D eigenvalue weighted by atomic mass is 9.87. The van der Waals surface area contributed by atoms with Gasteiger partial charge in [-0.3, -0.25) is 4.79 Å². The molecule has 0 aliphatic carbocycles. The van der Waals surface area contributed by atoms with Crippen molar-refractivity contribution in [3.63, 3.8) is 0 Å². The molecular formula is C28H25IN2O4S. The Morgan fingerprint density at radius 2 is 1.53 bits per heavy atom. The zero-order chi connectivity index (χ0) is 25.3. The zero-order valence-corrected chi connectivity index (χ0v) is 22.3. The third kappa shape index (κ3) is 4.49. The van der Waals surface area contributed by atoms with Gasteiger partial charge in [0, 0.05) is 24.2 Å². The van der Waals surface area contributed by atoms with Crippen LogP contribution in [0, 0.1) is 9.62 Å². The number of rotatable bonds is 7. The van der Waals surface area contributed by atoms with Crippen LogP contribution < -0.4 is 0 Å². The van der Waals surface area contributed by atoms with Crippen molar-refractivity contribution >= 4 is 49.3 Å². The molecule has 1 aromatic heterocycles. The van der Waals surface area contributed by atoms with E-state index in [9.17, 15) is 18.3 Å². The average Bonchev–Trinajstić information content (AvgIpc) is 3.18. The summed E-state index contributed by atoms with van der Waals surface area (Å²) in [5.41, 5.74) is 2.52. The Morgan fingerprint density at radius 1 is 0.889 bits per heavy atom. The second-order valence-electron chi connectivity index (χ2n) is 8.81. The van der Waals surface area contributed by atoms with Crippen LogP contribution in [-0.4, -0.2) is 40.8 Å². The molecular weight excluding hydrogens is 587 g/mol. The molecule has 1 aliphatic rings. The molecule has 0 saturated carbocycles. The summed E-state index contributed by atoms with van der Waals surface area (Å²) in [5.74, 6) is -0.732. The first-order valence-electron chi connectivity index (χ1n) is 11.6. The molecule has 0 fully saturated rings. The monoisotopic (exact) mass is 612 g/mol. The predicted octanol–water partition coefficient (Wildman–Crippen LogP) is 4.60. The van der Waals surface area contributed by atoms with Crippen LogP contribution in [0.5, 0.6) is 0 Å². The standard InChI is InChI=1S/C28H25IN2O4S/c29-28-23(17-26-24(19-32)27(33)15-16-30(26)18-20-9-3-1-4-10-20)22-13-7-8-14-25(22)31(28)36(34,35)21-11-5-2-6-12-21/h1-16,24,26,32H,17-19H2/t24-,26-/m0/s1. The Morgan fingerprint density at radius 3 is 2.22 bits per heavy atom. The van der Waals surface area contributed by atoms with Gasteiger partial charge in [-0.15, -0.1) is 0 Å². The quantitative estimate of drug-likeness (QED) is 0.309. The minimum atomic E-state index is -3.84. The molecule has 1 aliphatic heterocycles. The van der Waals surface area contributed by atoms with Gasteiger partial charge in [0.25, 0.3) is 10.0 Å². The molecule has 0 unspecified atom stereocenters. The normalized spacial score (nSPS) is 18.2. The van der Waals surface area contributed by atoms with Gasteiger partial charge in [0.2, 0.25) is 0 Å². The largest absolute Gasteiger partial charge is 0.396 e. The van der Waals surface area contributed by atoms with E-state index in [4.69, 9.17) is 0 Å². The summed E-state index contributed by atoms with van der Waals surface area (Å²) in [5, 5.41) is 11.0. The molecule has 0 bridgehead atoms. The highest BCUT2D eigenvalue weighted by atomic mass is 127. The highest BCUT2D eigenvalue weighted by molar-refractivity contribution is 14.1. The second-order valence-corrected chi connectivity index (χ2v) is 11.6. The van der Waals surface area contributed by atoms with Crippen LogP contribution in [0.1, 0.15) is 11.1 Å². The first kappa shape index (κ1) is 24.7. The van der Waals surface area contributed by atoms with Crippen LogP contribution in [0.3, 0.4) is 0 Å². The molecule has 0 spiro atoms. The SMILES string of the molecule is O=C1C=CN(Cc2ccccc2)[C@@H](Cc2c(I)n(S(=O)(=O)c3ccccc3)c3ccccc23)[C@@H]1CO. The van der Waals surface area contributed by atoms with Crippen molar-refractivity contribution in [3.05, 3.63) is 112 Å². The van der Waals surface area contributed by atoms with Gasteiger partial charge in [-0.05, 0) is 64.4 Å². The summed E-state index contributed by atoms with van der Waals surface area (Å²) in [6.45, 7) is 0.292. The molecule has 0 radical (unpaired) electrons. The Bertz CT molecular complexity index is 1530. The third-order valence-corrected chi connectivity index (χ3v) is 9.85. The van der Waals surface area contributed by atoms with Crippen molar-refractivity contribution in [1.82, 2.24) is 8.87 Å². The molecule has 5 rings (SSSR count). The van der Waals surface area contributed by atoms with Gasteiger partial charge < -0.3 is 10.0 Å². The van der Waals surface area contributed by atoms with Gasteiger partial charge in [0.1, 0.15) is 0 Å². The number of hydrogen-bond acceptors (Lipinski definition) is 5. The minimum Gasteiger partial charge on any atom is -0.396 e. The number of ketones is 1. The molecule has 4 aromatic rings. The molecule has 6 nitrogen and oxygen atoms in total. The number of halogens is 1. The fourth-order valence-corrected chi connectivity index (χ4v) is 7.84. The van der Waals surface area contributed by atoms with E-state index in [1.807, 2.05) is 48.5 Å². The number of nitrogens with zero attached hydrogens (tertiary/aromatic N) is 2. The summed E-state index contributed by atoms with van der Waals surface area (Å²) in [4.78, 5) is 15.0. The van der Waals surface area contributed by atoms with Gasteiger partial charge in [-0.1, -0.05) is 66.7 Å². The number of hydrogen-bond donors (Lipinski definition) is 1. The summed E-state index contributed by atoms with van der Waals surface area (Å²) in [6, 6.07) is 25.4. The molecule has 1 N–H and O–H groups in total. The third-order valence-electron chi connectivity index (χ3n) is 6.66. The minimum absolute atomic E-state index is 0.123. The van der Waals surface area contributed by atoms with Crippen molar-refractivity contribution in [2.24, 2.45) is 5.92 Å². The Balaban J connectivity index is 1.62.